The van der Waals surface area contributed by atoms with Crippen molar-refractivity contribution in [2.75, 3.05) is 17.2 Å². The summed E-state index contributed by atoms with van der Waals surface area (Å²) in [7, 11) is 0. The second-order valence-corrected chi connectivity index (χ2v) is 5.68. The Morgan fingerprint density at radius 2 is 1.87 bits per heavy atom. The van der Waals surface area contributed by atoms with Crippen molar-refractivity contribution in [1.82, 2.24) is 0 Å². The third kappa shape index (κ3) is 3.67. The molecule has 0 fully saturated rings. The molecular formula is C18H18F2N2O. The monoisotopic (exact) mass is 316 g/mol. The van der Waals surface area contributed by atoms with Gasteiger partial charge in [0.1, 0.15) is 11.6 Å². The Hall–Kier alpha value is -2.43. The Morgan fingerprint density at radius 1 is 1.04 bits per heavy atom. The number of aryl methyl sites for hydroxylation is 1. The van der Waals surface area contributed by atoms with E-state index < -0.39 is 17.5 Å². The van der Waals surface area contributed by atoms with Crippen LogP contribution in [0.4, 0.5) is 20.2 Å². The topological polar surface area (TPSA) is 41.1 Å². The molecule has 0 heterocycles. The maximum atomic E-state index is 13.5. The van der Waals surface area contributed by atoms with Crippen LogP contribution >= 0.6 is 0 Å². The average molecular weight is 316 g/mol. The van der Waals surface area contributed by atoms with E-state index >= 15 is 0 Å². The van der Waals surface area contributed by atoms with E-state index in [4.69, 9.17) is 0 Å². The molecule has 1 aliphatic carbocycles. The summed E-state index contributed by atoms with van der Waals surface area (Å²) in [6.07, 6.45) is 4.40. The van der Waals surface area contributed by atoms with Crippen molar-refractivity contribution in [3.05, 3.63) is 59.2 Å². The number of anilines is 2. The molecule has 1 aliphatic rings. The van der Waals surface area contributed by atoms with Gasteiger partial charge in [0.2, 0.25) is 5.91 Å². The number of hydrogen-bond acceptors (Lipinski definition) is 2. The molecule has 0 aromatic heterocycles. The van der Waals surface area contributed by atoms with Crippen molar-refractivity contribution in [1.29, 1.82) is 0 Å². The predicted octanol–water partition coefficient (Wildman–Crippen LogP) is 3.89. The van der Waals surface area contributed by atoms with Crippen molar-refractivity contribution < 1.29 is 13.6 Å². The standard InChI is InChI=1S/C18H18F2N2O/c19-13-8-9-15(20)17(10-13)22-18(23)11-21-16-7-3-5-12-4-1-2-6-14(12)16/h3,5,7-10,21H,1-2,4,6,11H2,(H,22,23). The van der Waals surface area contributed by atoms with Crippen LogP contribution in [0.5, 0.6) is 0 Å². The molecule has 120 valence electrons. The van der Waals surface area contributed by atoms with Crippen LogP contribution in [0.2, 0.25) is 0 Å². The minimum atomic E-state index is -0.656. The first-order valence-electron chi connectivity index (χ1n) is 7.73. The molecule has 5 heteroatoms. The van der Waals surface area contributed by atoms with Gasteiger partial charge in [0.05, 0.1) is 12.2 Å². The minimum absolute atomic E-state index is 0.00636. The van der Waals surface area contributed by atoms with Crippen LogP contribution in [0.3, 0.4) is 0 Å². The lowest BCUT2D eigenvalue weighted by Crippen LogP contribution is -2.23. The molecule has 23 heavy (non-hydrogen) atoms. The molecule has 2 N–H and O–H groups in total. The number of amides is 1. The summed E-state index contributed by atoms with van der Waals surface area (Å²) in [5.74, 6) is -1.66. The molecule has 0 unspecified atom stereocenters. The second-order valence-electron chi connectivity index (χ2n) is 5.68. The van der Waals surface area contributed by atoms with Gasteiger partial charge in [-0.05, 0) is 55.0 Å². The summed E-state index contributed by atoms with van der Waals surface area (Å²) in [5.41, 5.74) is 3.37. The Kier molecular flexibility index (Phi) is 4.55. The summed E-state index contributed by atoms with van der Waals surface area (Å²) in [6.45, 7) is 0.00636. The van der Waals surface area contributed by atoms with Gasteiger partial charge in [-0.25, -0.2) is 8.78 Å². The molecule has 1 amide bonds. The molecule has 0 radical (unpaired) electrons. The van der Waals surface area contributed by atoms with Gasteiger partial charge in [-0.1, -0.05) is 12.1 Å². The summed E-state index contributed by atoms with van der Waals surface area (Å²) in [4.78, 5) is 12.0. The highest BCUT2D eigenvalue weighted by Crippen LogP contribution is 2.27. The number of fused-ring (bicyclic) bond motifs is 1. The molecular weight excluding hydrogens is 298 g/mol. The summed E-state index contributed by atoms with van der Waals surface area (Å²) in [5, 5.41) is 5.48. The zero-order chi connectivity index (χ0) is 16.2. The second kappa shape index (κ2) is 6.77. The first-order chi connectivity index (χ1) is 11.1. The molecule has 3 rings (SSSR count). The number of hydrogen-bond donors (Lipinski definition) is 2. The van der Waals surface area contributed by atoms with Crippen LogP contribution in [0.1, 0.15) is 24.0 Å². The van der Waals surface area contributed by atoms with Gasteiger partial charge < -0.3 is 10.6 Å². The van der Waals surface area contributed by atoms with Gasteiger partial charge in [-0.15, -0.1) is 0 Å². The van der Waals surface area contributed by atoms with Gasteiger partial charge in [-0.3, -0.25) is 4.79 Å². The van der Waals surface area contributed by atoms with Crippen LogP contribution in [0.15, 0.2) is 36.4 Å². The van der Waals surface area contributed by atoms with Crippen LogP contribution in [0.25, 0.3) is 0 Å². The molecule has 0 saturated heterocycles. The van der Waals surface area contributed by atoms with Crippen molar-refractivity contribution in [3.63, 3.8) is 0 Å². The smallest absolute Gasteiger partial charge is 0.243 e. The van der Waals surface area contributed by atoms with Crippen LogP contribution in [-0.4, -0.2) is 12.5 Å². The van der Waals surface area contributed by atoms with Gasteiger partial charge in [0, 0.05) is 11.8 Å². The lowest BCUT2D eigenvalue weighted by atomic mass is 9.90. The van der Waals surface area contributed by atoms with Gasteiger partial charge in [0.25, 0.3) is 0 Å². The number of benzene rings is 2. The number of halogens is 2. The number of nitrogens with one attached hydrogen (secondary N) is 2. The van der Waals surface area contributed by atoms with Gasteiger partial charge in [0.15, 0.2) is 0 Å². The third-order valence-corrected chi connectivity index (χ3v) is 4.04. The Morgan fingerprint density at radius 3 is 2.74 bits per heavy atom. The molecule has 2 aromatic carbocycles. The maximum absolute atomic E-state index is 13.5. The van der Waals surface area contributed by atoms with E-state index in [2.05, 4.69) is 16.7 Å². The van der Waals surface area contributed by atoms with Gasteiger partial charge in [-0.2, -0.15) is 0 Å². The summed E-state index contributed by atoms with van der Waals surface area (Å²) in [6, 6.07) is 9.00. The lowest BCUT2D eigenvalue weighted by Gasteiger charge is -2.20. The minimum Gasteiger partial charge on any atom is -0.376 e. The first-order valence-corrected chi connectivity index (χ1v) is 7.73. The van der Waals surface area contributed by atoms with E-state index in [1.54, 1.807) is 0 Å². The van der Waals surface area contributed by atoms with Crippen LogP contribution < -0.4 is 10.6 Å². The fourth-order valence-electron chi connectivity index (χ4n) is 2.91. The first kappa shape index (κ1) is 15.5. The van der Waals surface area contributed by atoms with E-state index in [-0.39, 0.29) is 12.2 Å². The van der Waals surface area contributed by atoms with Crippen molar-refractivity contribution in [2.45, 2.75) is 25.7 Å². The number of carbonyl (C=O) groups excluding carboxylic acids is 1. The Bertz CT molecular complexity index is 731. The predicted molar refractivity (Wildman–Crippen MR) is 86.6 cm³/mol. The molecule has 0 bridgehead atoms. The summed E-state index contributed by atoms with van der Waals surface area (Å²) < 4.78 is 26.6. The largest absolute Gasteiger partial charge is 0.376 e. The van der Waals surface area contributed by atoms with E-state index in [1.165, 1.54) is 17.5 Å². The molecule has 0 spiro atoms. The fourth-order valence-corrected chi connectivity index (χ4v) is 2.91. The highest BCUT2D eigenvalue weighted by atomic mass is 19.1. The molecule has 3 nitrogen and oxygen atoms in total. The van der Waals surface area contributed by atoms with Crippen molar-refractivity contribution in [2.24, 2.45) is 0 Å². The highest BCUT2D eigenvalue weighted by molar-refractivity contribution is 5.94. The Labute approximate surface area is 133 Å². The van der Waals surface area contributed by atoms with E-state index in [9.17, 15) is 13.6 Å². The quantitative estimate of drug-likeness (QED) is 0.898. The maximum Gasteiger partial charge on any atom is 0.243 e. The third-order valence-electron chi connectivity index (χ3n) is 4.04. The number of carbonyl (C=O) groups is 1. The fraction of sp³-hybridized carbons (Fsp3) is 0.278. The lowest BCUT2D eigenvalue weighted by molar-refractivity contribution is -0.114. The summed E-state index contributed by atoms with van der Waals surface area (Å²) >= 11 is 0. The van der Waals surface area contributed by atoms with Crippen LogP contribution in [-0.2, 0) is 17.6 Å². The zero-order valence-corrected chi connectivity index (χ0v) is 12.7. The number of rotatable bonds is 4. The van der Waals surface area contributed by atoms with E-state index in [0.717, 1.165) is 43.1 Å². The van der Waals surface area contributed by atoms with E-state index in [1.807, 2.05) is 12.1 Å². The molecule has 0 aliphatic heterocycles. The van der Waals surface area contributed by atoms with Gasteiger partial charge >= 0.3 is 0 Å². The average Bonchev–Trinajstić information content (AvgIpc) is 2.56. The SMILES string of the molecule is O=C(CNc1cccc2c1CCCC2)Nc1cc(F)ccc1F. The zero-order valence-electron chi connectivity index (χ0n) is 12.7. The normalized spacial score (nSPS) is 13.3. The molecule has 0 atom stereocenters. The molecule has 2 aromatic rings. The molecule has 0 saturated carbocycles. The highest BCUT2D eigenvalue weighted by Gasteiger charge is 2.14. The van der Waals surface area contributed by atoms with E-state index in [0.29, 0.717) is 0 Å². The Balaban J connectivity index is 1.64. The van der Waals surface area contributed by atoms with Crippen molar-refractivity contribution >= 4 is 17.3 Å². The van der Waals surface area contributed by atoms with Crippen LogP contribution in [0, 0.1) is 11.6 Å². The van der Waals surface area contributed by atoms with Crippen molar-refractivity contribution in [3.8, 4) is 0 Å².